The van der Waals surface area contributed by atoms with Crippen molar-refractivity contribution < 1.29 is 19.1 Å². The van der Waals surface area contributed by atoms with Gasteiger partial charge >= 0.3 is 11.9 Å². The van der Waals surface area contributed by atoms with Gasteiger partial charge in [0.25, 0.3) is 0 Å². The summed E-state index contributed by atoms with van der Waals surface area (Å²) in [5.74, 6) is -0.295. The van der Waals surface area contributed by atoms with Crippen LogP contribution in [0.2, 0.25) is 0 Å². The van der Waals surface area contributed by atoms with Gasteiger partial charge in [0.15, 0.2) is 11.6 Å². The molecule has 2 aromatic carbocycles. The van der Waals surface area contributed by atoms with Crippen molar-refractivity contribution in [3.8, 4) is 0 Å². The molecule has 0 unspecified atom stereocenters. The van der Waals surface area contributed by atoms with Crippen molar-refractivity contribution >= 4 is 57.2 Å². The van der Waals surface area contributed by atoms with Crippen LogP contribution in [0.15, 0.2) is 48.5 Å². The number of nitrogens with zero attached hydrogens (tertiary/aromatic N) is 2. The number of esters is 2. The summed E-state index contributed by atoms with van der Waals surface area (Å²) in [4.78, 5) is 40.3. The molecule has 2 aromatic heterocycles. The molecule has 0 spiro atoms. The summed E-state index contributed by atoms with van der Waals surface area (Å²) in [5.41, 5.74) is 2.85. The number of aromatic nitrogens is 4. The predicted octanol–water partition coefficient (Wildman–Crippen LogP) is 4.57. The first-order valence-corrected chi connectivity index (χ1v) is 11.1. The zero-order chi connectivity index (χ0) is 22.5. The van der Waals surface area contributed by atoms with Crippen LogP contribution < -0.4 is 0 Å². The van der Waals surface area contributed by atoms with Gasteiger partial charge in [-0.3, -0.25) is 9.59 Å². The van der Waals surface area contributed by atoms with Crippen molar-refractivity contribution in [2.24, 2.45) is 0 Å². The topological polar surface area (TPSA) is 110 Å². The molecule has 4 aromatic rings. The van der Waals surface area contributed by atoms with Gasteiger partial charge in [-0.15, -0.1) is 23.2 Å². The number of hydrogen-bond donors (Lipinski definition) is 2. The van der Waals surface area contributed by atoms with E-state index in [0.29, 0.717) is 22.7 Å². The summed E-state index contributed by atoms with van der Waals surface area (Å²) in [6.07, 6.45) is -2.20. The number of fused-ring (bicyclic) bond motifs is 2. The third-order valence-electron chi connectivity index (χ3n) is 4.74. The molecule has 0 saturated carbocycles. The molecule has 2 N–H and O–H groups in total. The molecule has 0 aliphatic carbocycles. The van der Waals surface area contributed by atoms with Crippen LogP contribution in [-0.2, 0) is 19.1 Å². The maximum absolute atomic E-state index is 12.4. The molecule has 2 atom stereocenters. The van der Waals surface area contributed by atoms with Crippen molar-refractivity contribution in [1.29, 1.82) is 0 Å². The number of alkyl halides is 2. The number of carbonyl (C=O) groups excluding carboxylic acids is 2. The second kappa shape index (κ2) is 10.0. The molecule has 4 rings (SSSR count). The molecule has 10 heteroatoms. The Hall–Kier alpha value is -3.10. The standard InChI is InChI=1S/C22H20Cl2N4O4/c23-11-9-17(29)31-19(21-25-13-5-1-2-6-14(13)26-21)20(32-18(30)10-12-24)22-27-15-7-3-4-8-16(15)28-22/h1-8,19-20H,9-12H2,(H,25,26)(H,27,28)/t19-,20-/m1/s1. The summed E-state index contributed by atoms with van der Waals surface area (Å²) in [6.45, 7) is 0. The zero-order valence-corrected chi connectivity index (χ0v) is 18.4. The van der Waals surface area contributed by atoms with E-state index < -0.39 is 24.1 Å². The lowest BCUT2D eigenvalue weighted by molar-refractivity contribution is -0.170. The highest BCUT2D eigenvalue weighted by Crippen LogP contribution is 2.35. The molecule has 166 valence electrons. The monoisotopic (exact) mass is 474 g/mol. The fourth-order valence-corrected chi connectivity index (χ4v) is 3.60. The van der Waals surface area contributed by atoms with Crippen LogP contribution in [0.25, 0.3) is 22.1 Å². The quantitative estimate of drug-likeness (QED) is 0.271. The fourth-order valence-electron chi connectivity index (χ4n) is 3.29. The molecule has 0 aliphatic rings. The van der Waals surface area contributed by atoms with Crippen LogP contribution in [0.5, 0.6) is 0 Å². The third kappa shape index (κ3) is 4.87. The Bertz CT molecular complexity index is 1080. The number of nitrogens with one attached hydrogen (secondary N) is 2. The molecule has 0 bridgehead atoms. The molecule has 0 amide bonds. The minimum absolute atomic E-state index is 0.0131. The molecule has 0 fully saturated rings. The van der Waals surface area contributed by atoms with Crippen LogP contribution in [-0.4, -0.2) is 43.6 Å². The minimum atomic E-state index is -1.09. The Morgan fingerprint density at radius 2 is 1.16 bits per heavy atom. The van der Waals surface area contributed by atoms with Gasteiger partial charge in [0.05, 0.1) is 34.9 Å². The van der Waals surface area contributed by atoms with Gasteiger partial charge in [0, 0.05) is 11.8 Å². The van der Waals surface area contributed by atoms with Gasteiger partial charge in [-0.25, -0.2) is 9.97 Å². The molecular weight excluding hydrogens is 455 g/mol. The van der Waals surface area contributed by atoms with E-state index in [1.165, 1.54) is 0 Å². The number of benzene rings is 2. The van der Waals surface area contributed by atoms with Crippen molar-refractivity contribution in [1.82, 2.24) is 19.9 Å². The lowest BCUT2D eigenvalue weighted by atomic mass is 10.1. The van der Waals surface area contributed by atoms with Crippen molar-refractivity contribution in [3.05, 3.63) is 60.2 Å². The molecule has 8 nitrogen and oxygen atoms in total. The van der Waals surface area contributed by atoms with Crippen LogP contribution in [0.4, 0.5) is 0 Å². The highest BCUT2D eigenvalue weighted by Gasteiger charge is 2.36. The minimum Gasteiger partial charge on any atom is -0.450 e. The average molecular weight is 475 g/mol. The van der Waals surface area contributed by atoms with E-state index >= 15 is 0 Å². The number of para-hydroxylation sites is 4. The van der Waals surface area contributed by atoms with E-state index in [2.05, 4.69) is 19.9 Å². The van der Waals surface area contributed by atoms with Crippen LogP contribution in [0, 0.1) is 0 Å². The second-order valence-corrected chi connectivity index (χ2v) is 7.73. The number of aromatic amines is 2. The van der Waals surface area contributed by atoms with Crippen molar-refractivity contribution in [2.45, 2.75) is 25.0 Å². The first-order chi connectivity index (χ1) is 15.6. The van der Waals surface area contributed by atoms with Gasteiger partial charge in [-0.1, -0.05) is 24.3 Å². The summed E-state index contributed by atoms with van der Waals surface area (Å²) in [5, 5.41) is 0. The smallest absolute Gasteiger partial charge is 0.307 e. The molecule has 0 saturated heterocycles. The second-order valence-electron chi connectivity index (χ2n) is 6.98. The van der Waals surface area contributed by atoms with E-state index in [1.54, 1.807) is 0 Å². The molecular formula is C22H20Cl2N4O4. The lowest BCUT2D eigenvalue weighted by Gasteiger charge is -2.24. The summed E-state index contributed by atoms with van der Waals surface area (Å²) < 4.78 is 11.4. The number of H-pyrrole nitrogens is 2. The van der Waals surface area contributed by atoms with E-state index in [-0.39, 0.29) is 24.6 Å². The number of halogens is 2. The molecule has 0 radical (unpaired) electrons. The summed E-state index contributed by atoms with van der Waals surface area (Å²) >= 11 is 11.4. The Morgan fingerprint density at radius 3 is 1.53 bits per heavy atom. The Balaban J connectivity index is 1.80. The van der Waals surface area contributed by atoms with Crippen LogP contribution in [0.3, 0.4) is 0 Å². The van der Waals surface area contributed by atoms with Gasteiger partial charge in [0.1, 0.15) is 0 Å². The summed E-state index contributed by atoms with van der Waals surface area (Å²) in [7, 11) is 0. The number of carbonyl (C=O) groups is 2. The Kier molecular flexibility index (Phi) is 6.92. The molecule has 2 heterocycles. The molecule has 32 heavy (non-hydrogen) atoms. The number of hydrogen-bond acceptors (Lipinski definition) is 6. The largest absolute Gasteiger partial charge is 0.450 e. The number of rotatable bonds is 9. The van der Waals surface area contributed by atoms with Gasteiger partial charge < -0.3 is 19.4 Å². The third-order valence-corrected chi connectivity index (χ3v) is 5.12. The van der Waals surface area contributed by atoms with Gasteiger partial charge in [-0.2, -0.15) is 0 Å². The fraction of sp³-hybridized carbons (Fsp3) is 0.273. The van der Waals surface area contributed by atoms with Crippen molar-refractivity contribution in [2.75, 3.05) is 11.8 Å². The SMILES string of the molecule is O=C(CCCl)O[C@@H](c1nc2ccccc2[nH]1)[C@@H](OC(=O)CCCl)c1nc2ccccc2[nH]1. The Labute approximate surface area is 193 Å². The zero-order valence-electron chi connectivity index (χ0n) is 16.9. The first kappa shape index (κ1) is 22.1. The van der Waals surface area contributed by atoms with Crippen LogP contribution in [0.1, 0.15) is 36.7 Å². The van der Waals surface area contributed by atoms with E-state index in [0.717, 1.165) is 11.0 Å². The molecule has 0 aliphatic heterocycles. The highest BCUT2D eigenvalue weighted by molar-refractivity contribution is 6.19. The van der Waals surface area contributed by atoms with Gasteiger partial charge in [0.2, 0.25) is 12.2 Å². The van der Waals surface area contributed by atoms with Crippen molar-refractivity contribution in [3.63, 3.8) is 0 Å². The summed E-state index contributed by atoms with van der Waals surface area (Å²) in [6, 6.07) is 14.7. The maximum Gasteiger partial charge on any atom is 0.307 e. The highest BCUT2D eigenvalue weighted by atomic mass is 35.5. The van der Waals surface area contributed by atoms with E-state index in [9.17, 15) is 9.59 Å². The number of ether oxygens (including phenoxy) is 2. The normalized spacial score (nSPS) is 13.2. The van der Waals surface area contributed by atoms with E-state index in [4.69, 9.17) is 32.7 Å². The maximum atomic E-state index is 12.4. The predicted molar refractivity (Wildman–Crippen MR) is 121 cm³/mol. The lowest BCUT2D eigenvalue weighted by Crippen LogP contribution is -2.25. The average Bonchev–Trinajstić information content (AvgIpc) is 3.40. The Morgan fingerprint density at radius 1 is 0.750 bits per heavy atom. The first-order valence-electron chi connectivity index (χ1n) is 9.99. The van der Waals surface area contributed by atoms with Crippen LogP contribution >= 0.6 is 23.2 Å². The number of imidazole rings is 2. The van der Waals surface area contributed by atoms with E-state index in [1.807, 2.05) is 48.5 Å². The van der Waals surface area contributed by atoms with Gasteiger partial charge in [-0.05, 0) is 24.3 Å².